The molecule has 2 aliphatic carbocycles. The molecule has 4 aromatic carbocycles. The van der Waals surface area contributed by atoms with Crippen LogP contribution >= 0.6 is 0 Å². The number of carbonyl (C=O) groups is 6. The highest BCUT2D eigenvalue weighted by molar-refractivity contribution is 6.11. The van der Waals surface area contributed by atoms with Gasteiger partial charge >= 0.3 is 0 Å². The van der Waals surface area contributed by atoms with Gasteiger partial charge in [-0.2, -0.15) is 0 Å². The molecule has 6 aromatic rings. The fourth-order valence-electron chi connectivity index (χ4n) is 8.62. The third kappa shape index (κ3) is 14.8. The van der Waals surface area contributed by atoms with Crippen LogP contribution < -0.4 is 0 Å². The summed E-state index contributed by atoms with van der Waals surface area (Å²) in [6, 6.07) is 28.5. The third-order valence-electron chi connectivity index (χ3n) is 12.9. The topological polar surface area (TPSA) is 147 Å². The van der Waals surface area contributed by atoms with Gasteiger partial charge in [0.05, 0.1) is 48.8 Å². The van der Waals surface area contributed by atoms with Crippen LogP contribution in [-0.2, 0) is 33.6 Å². The lowest BCUT2D eigenvalue weighted by molar-refractivity contribution is -0.162. The van der Waals surface area contributed by atoms with E-state index in [-0.39, 0.29) is 60.2 Å². The molecule has 12 nitrogen and oxygen atoms in total. The number of benzene rings is 4. The lowest BCUT2D eigenvalue weighted by Crippen LogP contribution is -2.32. The number of halogens is 2. The Morgan fingerprint density at radius 1 is 0.581 bits per heavy atom. The van der Waals surface area contributed by atoms with Gasteiger partial charge in [-0.15, -0.1) is 0 Å². The molecule has 0 bridgehead atoms. The molecule has 8 rings (SSSR count). The number of amides is 3. The molecule has 2 heterocycles. The minimum Gasteiger partial charge on any atom is -0.343 e. The smallest absolute Gasteiger partial charge is 0.269 e. The zero-order valence-electron chi connectivity index (χ0n) is 43.3. The van der Waals surface area contributed by atoms with Crippen LogP contribution in [0.25, 0.3) is 56.2 Å². The van der Waals surface area contributed by atoms with Gasteiger partial charge in [0.15, 0.2) is 5.78 Å². The molecule has 3 amide bonds. The highest BCUT2D eigenvalue weighted by Crippen LogP contribution is 2.47. The minimum atomic E-state index is -0.394. The largest absolute Gasteiger partial charge is 0.343 e. The maximum Gasteiger partial charge on any atom is 0.269 e. The molecule has 0 saturated heterocycles. The molecule has 386 valence electrons. The first kappa shape index (κ1) is 55.7. The fourth-order valence-corrected chi connectivity index (χ4v) is 8.62. The predicted octanol–water partition coefficient (Wildman–Crippen LogP) is 11.5. The Hall–Kier alpha value is -7.58. The molecule has 0 N–H and O–H groups in total. The van der Waals surface area contributed by atoms with Gasteiger partial charge in [-0.1, -0.05) is 60.7 Å². The molecular formula is C60H65F2N5O7. The summed E-state index contributed by atoms with van der Waals surface area (Å²) in [5.41, 5.74) is 8.97. The lowest BCUT2D eigenvalue weighted by atomic mass is 9.92. The number of aromatic nitrogens is 2. The summed E-state index contributed by atoms with van der Waals surface area (Å²) in [5, 5.41) is 3.06. The van der Waals surface area contributed by atoms with E-state index < -0.39 is 5.78 Å². The van der Waals surface area contributed by atoms with Crippen molar-refractivity contribution in [3.05, 3.63) is 143 Å². The number of likely N-dealkylation sites (N-methyl/N-ethyl adjacent to an activating group) is 1. The van der Waals surface area contributed by atoms with Crippen LogP contribution in [0.4, 0.5) is 8.78 Å². The zero-order valence-corrected chi connectivity index (χ0v) is 43.3. The van der Waals surface area contributed by atoms with Crippen molar-refractivity contribution in [1.29, 1.82) is 0 Å². The van der Waals surface area contributed by atoms with Crippen molar-refractivity contribution in [3.63, 3.8) is 0 Å². The van der Waals surface area contributed by atoms with Gasteiger partial charge in [0, 0.05) is 84.2 Å². The number of ketones is 3. The van der Waals surface area contributed by atoms with Crippen LogP contribution in [0.2, 0.25) is 0 Å². The van der Waals surface area contributed by atoms with E-state index >= 15 is 0 Å². The first-order chi connectivity index (χ1) is 35.6. The quantitative estimate of drug-likeness (QED) is 0.0439. The van der Waals surface area contributed by atoms with Gasteiger partial charge in [0.2, 0.25) is 11.8 Å². The lowest BCUT2D eigenvalue weighted by Gasteiger charge is -2.17. The van der Waals surface area contributed by atoms with Gasteiger partial charge in [0.1, 0.15) is 23.2 Å². The van der Waals surface area contributed by atoms with E-state index in [1.54, 1.807) is 47.2 Å². The number of para-hydroxylation sites is 2. The zero-order chi connectivity index (χ0) is 53.5. The SMILES string of the molecule is CCN(CC)C(=O)CC(=O)CC(=O)/C=C/c1c(C2CC2)nc2ccccc2c1-c1ccc(F)cc1.CCN(CC)C(=O)CC(C)=O.CON(C)C(=O)/C=C/c1c(C2CC2)nc2ccccc2c1-c1ccc(F)cc1. The molecule has 74 heavy (non-hydrogen) atoms. The maximum absolute atomic E-state index is 13.7. The number of hydrogen-bond donors (Lipinski definition) is 0. The number of hydroxylamine groups is 2. The Kier molecular flexibility index (Phi) is 19.9. The Labute approximate surface area is 432 Å². The summed E-state index contributed by atoms with van der Waals surface area (Å²) in [7, 11) is 3.01. The van der Waals surface area contributed by atoms with Crippen LogP contribution in [0, 0.1) is 11.6 Å². The number of nitrogens with zero attached hydrogens (tertiary/aromatic N) is 5. The Morgan fingerprint density at radius 2 is 0.986 bits per heavy atom. The van der Waals surface area contributed by atoms with Crippen molar-refractivity contribution < 1.29 is 42.4 Å². The Balaban J connectivity index is 0.000000204. The van der Waals surface area contributed by atoms with E-state index in [1.807, 2.05) is 82.3 Å². The Bertz CT molecular complexity index is 3050. The van der Waals surface area contributed by atoms with Crippen molar-refractivity contribution in [2.75, 3.05) is 40.3 Å². The predicted molar refractivity (Wildman–Crippen MR) is 286 cm³/mol. The number of rotatable bonds is 19. The van der Waals surface area contributed by atoms with Crippen molar-refractivity contribution in [2.24, 2.45) is 0 Å². The second-order valence-electron chi connectivity index (χ2n) is 18.2. The average Bonchev–Trinajstić information content (AvgIpc) is 4.34. The van der Waals surface area contributed by atoms with Gasteiger partial charge in [0.25, 0.3) is 5.91 Å². The van der Waals surface area contributed by atoms with Gasteiger partial charge in [-0.25, -0.2) is 13.8 Å². The standard InChI is InChI=1S/C29H29FN2O3.C23H21FN2O2.C8H15NO2/c1-3-32(4-2)27(35)18-23(34)17-22(33)15-16-25-28(19-11-13-21(30)14-12-19)24-7-5-6-8-26(24)31-29(25)20-9-10-20;1-26(28-2)21(27)14-13-19-22(15-9-11-17(24)12-10-15)18-5-3-4-6-20(18)25-23(19)16-7-8-16;1-4-9(5-2)8(11)6-7(3)10/h5-8,11-16,20H,3-4,9-10,17-18H2,1-2H3;3-6,9-14,16H,7-8H2,1-2H3;4-6H2,1-3H3/b16-15+;14-13+;. The second kappa shape index (κ2) is 26.4. The highest BCUT2D eigenvalue weighted by atomic mass is 19.1. The highest BCUT2D eigenvalue weighted by Gasteiger charge is 2.31. The third-order valence-corrected chi connectivity index (χ3v) is 12.9. The summed E-state index contributed by atoms with van der Waals surface area (Å²) < 4.78 is 27.2. The van der Waals surface area contributed by atoms with E-state index in [0.29, 0.717) is 38.0 Å². The van der Waals surface area contributed by atoms with Gasteiger partial charge in [-0.05, 0) is 126 Å². The molecule has 0 unspecified atom stereocenters. The summed E-state index contributed by atoms with van der Waals surface area (Å²) in [4.78, 5) is 89.1. The molecule has 2 fully saturated rings. The van der Waals surface area contributed by atoms with Gasteiger partial charge in [-0.3, -0.25) is 43.6 Å². The molecular weight excluding hydrogens is 941 g/mol. The molecule has 0 aliphatic heterocycles. The number of carbonyl (C=O) groups excluding carboxylic acids is 6. The van der Waals surface area contributed by atoms with Crippen LogP contribution in [0.5, 0.6) is 0 Å². The molecule has 0 spiro atoms. The van der Waals surface area contributed by atoms with Crippen LogP contribution in [-0.4, -0.2) is 100 Å². The van der Waals surface area contributed by atoms with E-state index in [1.165, 1.54) is 55.5 Å². The van der Waals surface area contributed by atoms with Crippen LogP contribution in [0.3, 0.4) is 0 Å². The monoisotopic (exact) mass is 1010 g/mol. The van der Waals surface area contributed by atoms with Crippen molar-refractivity contribution in [3.8, 4) is 22.3 Å². The molecule has 2 aliphatic rings. The van der Waals surface area contributed by atoms with Crippen molar-refractivity contribution in [1.82, 2.24) is 24.8 Å². The molecule has 0 radical (unpaired) electrons. The number of allylic oxidation sites excluding steroid dienone is 1. The molecule has 14 heteroatoms. The van der Waals surface area contributed by atoms with E-state index in [9.17, 15) is 37.5 Å². The second-order valence-corrected chi connectivity index (χ2v) is 18.2. The number of pyridine rings is 2. The Morgan fingerprint density at radius 3 is 1.38 bits per heavy atom. The van der Waals surface area contributed by atoms with E-state index in [0.717, 1.165) is 92.3 Å². The van der Waals surface area contributed by atoms with E-state index in [4.69, 9.17) is 14.8 Å². The average molecular weight is 1010 g/mol. The van der Waals surface area contributed by atoms with Crippen molar-refractivity contribution >= 4 is 69.0 Å². The molecule has 0 atom stereocenters. The minimum absolute atomic E-state index is 0.0433. The summed E-state index contributed by atoms with van der Waals surface area (Å²) in [6.07, 6.45) is 10.1. The molecule has 2 saturated carbocycles. The number of hydrogen-bond acceptors (Lipinski definition) is 9. The number of Topliss-reactive ketones (excluding diaryl/α,β-unsaturated/α-hetero) is 2. The van der Waals surface area contributed by atoms with Crippen LogP contribution in [0.1, 0.15) is 114 Å². The summed E-state index contributed by atoms with van der Waals surface area (Å²) >= 11 is 0. The normalized spacial score (nSPS) is 13.0. The molecule has 2 aromatic heterocycles. The van der Waals surface area contributed by atoms with Crippen molar-refractivity contribution in [2.45, 2.75) is 91.4 Å². The first-order valence-corrected chi connectivity index (χ1v) is 25.2. The van der Waals surface area contributed by atoms with E-state index in [2.05, 4.69) is 0 Å². The van der Waals surface area contributed by atoms with Gasteiger partial charge < -0.3 is 9.80 Å². The fraction of sp³-hybridized carbons (Fsp3) is 0.333. The number of fused-ring (bicyclic) bond motifs is 2. The van der Waals surface area contributed by atoms with Crippen LogP contribution in [0.15, 0.2) is 109 Å². The first-order valence-electron chi connectivity index (χ1n) is 25.2. The summed E-state index contributed by atoms with van der Waals surface area (Å²) in [6.45, 7) is 11.4. The summed E-state index contributed by atoms with van der Waals surface area (Å²) in [5.74, 6) is -1.31. The maximum atomic E-state index is 13.7.